The molecule has 22 heavy (non-hydrogen) atoms. The highest BCUT2D eigenvalue weighted by Gasteiger charge is 2.22. The summed E-state index contributed by atoms with van der Waals surface area (Å²) in [6, 6.07) is 6.42. The maximum Gasteiger partial charge on any atom is 0.226 e. The third kappa shape index (κ3) is 4.45. The Morgan fingerprint density at radius 3 is 2.64 bits per heavy atom. The summed E-state index contributed by atoms with van der Waals surface area (Å²) in [7, 11) is -3.20. The van der Waals surface area contributed by atoms with E-state index >= 15 is 0 Å². The Morgan fingerprint density at radius 2 is 2.05 bits per heavy atom. The number of piperazine rings is 1. The molecule has 0 radical (unpaired) electrons. The Hall–Kier alpha value is -1.60. The molecule has 1 aromatic carbocycles. The topological polar surface area (TPSA) is 75.7 Å². The van der Waals surface area contributed by atoms with Crippen LogP contribution in [0.1, 0.15) is 13.3 Å². The van der Waals surface area contributed by atoms with E-state index in [1.165, 1.54) is 12.1 Å². The molecule has 1 aromatic rings. The molecule has 1 atom stereocenters. The van der Waals surface area contributed by atoms with E-state index in [-0.39, 0.29) is 23.5 Å². The van der Waals surface area contributed by atoms with Crippen LogP contribution in [0.15, 0.2) is 29.2 Å². The molecule has 1 fully saturated rings. The average Bonchev–Trinajstić information content (AvgIpc) is 2.47. The molecule has 1 saturated heterocycles. The van der Waals surface area contributed by atoms with Crippen molar-refractivity contribution < 1.29 is 17.9 Å². The summed E-state index contributed by atoms with van der Waals surface area (Å²) in [5.41, 5.74) is 0. The Bertz CT molecular complexity index is 613. The van der Waals surface area contributed by atoms with Crippen LogP contribution in [0.2, 0.25) is 0 Å². The van der Waals surface area contributed by atoms with Gasteiger partial charge in [-0.1, -0.05) is 0 Å². The van der Waals surface area contributed by atoms with Crippen LogP contribution in [0.5, 0.6) is 5.75 Å². The van der Waals surface area contributed by atoms with Crippen LogP contribution in [0.25, 0.3) is 0 Å². The van der Waals surface area contributed by atoms with Gasteiger partial charge in [0.25, 0.3) is 0 Å². The van der Waals surface area contributed by atoms with Gasteiger partial charge in [0.1, 0.15) is 5.75 Å². The summed E-state index contributed by atoms with van der Waals surface area (Å²) in [5, 5.41) is 3.24. The molecule has 122 valence electrons. The molecular weight excluding hydrogens is 304 g/mol. The first kappa shape index (κ1) is 16.8. The highest BCUT2D eigenvalue weighted by Crippen LogP contribution is 2.16. The lowest BCUT2D eigenvalue weighted by Gasteiger charge is -2.34. The first-order valence-corrected chi connectivity index (χ1v) is 9.20. The molecule has 2 rings (SSSR count). The first-order chi connectivity index (χ1) is 10.4. The predicted octanol–water partition coefficient (Wildman–Crippen LogP) is 0.679. The van der Waals surface area contributed by atoms with Crippen LogP contribution < -0.4 is 10.1 Å². The summed E-state index contributed by atoms with van der Waals surface area (Å²) >= 11 is 0. The molecule has 7 heteroatoms. The minimum atomic E-state index is -3.20. The van der Waals surface area contributed by atoms with Crippen molar-refractivity contribution in [3.63, 3.8) is 0 Å². The van der Waals surface area contributed by atoms with Gasteiger partial charge in [0.15, 0.2) is 9.84 Å². The first-order valence-electron chi connectivity index (χ1n) is 7.31. The number of rotatable bonds is 5. The van der Waals surface area contributed by atoms with Crippen LogP contribution >= 0.6 is 0 Å². The van der Waals surface area contributed by atoms with Crippen molar-refractivity contribution in [2.45, 2.75) is 24.3 Å². The molecule has 1 N–H and O–H groups in total. The van der Waals surface area contributed by atoms with Crippen molar-refractivity contribution >= 4 is 15.7 Å². The van der Waals surface area contributed by atoms with Crippen LogP contribution in [0.4, 0.5) is 0 Å². The third-order valence-corrected chi connectivity index (χ3v) is 4.79. The minimum absolute atomic E-state index is 0.0850. The molecule has 0 spiro atoms. The summed E-state index contributed by atoms with van der Waals surface area (Å²) in [6.45, 7) is 4.68. The summed E-state index contributed by atoms with van der Waals surface area (Å²) in [6.07, 6.45) is 1.48. The van der Waals surface area contributed by atoms with E-state index in [9.17, 15) is 13.2 Å². The maximum atomic E-state index is 12.1. The SMILES string of the molecule is C[C@H]1CNCCN1C(=O)CCOc1ccc(S(C)(=O)=O)cc1. The highest BCUT2D eigenvalue weighted by atomic mass is 32.2. The number of nitrogens with one attached hydrogen (secondary N) is 1. The lowest BCUT2D eigenvalue weighted by atomic mass is 10.2. The molecule has 6 nitrogen and oxygen atoms in total. The molecule has 0 aliphatic carbocycles. The largest absolute Gasteiger partial charge is 0.493 e. The zero-order valence-corrected chi connectivity index (χ0v) is 13.7. The van der Waals surface area contributed by atoms with Gasteiger partial charge in [0.2, 0.25) is 5.91 Å². The quantitative estimate of drug-likeness (QED) is 0.861. The number of amides is 1. The Kier molecular flexibility index (Phi) is 5.42. The molecule has 1 aliphatic rings. The molecular formula is C15H22N2O4S. The lowest BCUT2D eigenvalue weighted by molar-refractivity contribution is -0.134. The van der Waals surface area contributed by atoms with Gasteiger partial charge in [-0.3, -0.25) is 4.79 Å². The van der Waals surface area contributed by atoms with Crippen molar-refractivity contribution in [1.82, 2.24) is 10.2 Å². The van der Waals surface area contributed by atoms with Crippen LogP contribution in [0, 0.1) is 0 Å². The zero-order chi connectivity index (χ0) is 16.2. The van der Waals surface area contributed by atoms with E-state index in [2.05, 4.69) is 5.32 Å². The van der Waals surface area contributed by atoms with Crippen molar-refractivity contribution in [3.8, 4) is 5.75 Å². The van der Waals surface area contributed by atoms with Crippen LogP contribution in [-0.4, -0.2) is 57.8 Å². The molecule has 1 heterocycles. The number of benzene rings is 1. The van der Waals surface area contributed by atoms with Gasteiger partial charge in [-0.15, -0.1) is 0 Å². The van der Waals surface area contributed by atoms with Gasteiger partial charge in [-0.2, -0.15) is 0 Å². The molecule has 1 aliphatic heterocycles. The summed E-state index contributed by atoms with van der Waals surface area (Å²) in [5.74, 6) is 0.648. The number of hydrogen-bond acceptors (Lipinski definition) is 5. The molecule has 0 aromatic heterocycles. The second-order valence-electron chi connectivity index (χ2n) is 5.48. The number of ether oxygens (including phenoxy) is 1. The van der Waals surface area contributed by atoms with Crippen molar-refractivity contribution in [1.29, 1.82) is 0 Å². The van der Waals surface area contributed by atoms with E-state index in [1.54, 1.807) is 12.1 Å². The monoisotopic (exact) mass is 326 g/mol. The molecule has 0 unspecified atom stereocenters. The second-order valence-corrected chi connectivity index (χ2v) is 7.50. The normalized spacial score (nSPS) is 19.0. The number of hydrogen-bond donors (Lipinski definition) is 1. The Labute approximate surface area is 131 Å². The van der Waals surface area contributed by atoms with E-state index in [1.807, 2.05) is 11.8 Å². The lowest BCUT2D eigenvalue weighted by Crippen LogP contribution is -2.52. The number of carbonyl (C=O) groups is 1. The Balaban J connectivity index is 1.82. The molecule has 0 bridgehead atoms. The van der Waals surface area contributed by atoms with Gasteiger partial charge in [-0.25, -0.2) is 8.42 Å². The van der Waals surface area contributed by atoms with Crippen LogP contribution in [0.3, 0.4) is 0 Å². The van der Waals surface area contributed by atoms with E-state index in [4.69, 9.17) is 4.74 Å². The van der Waals surface area contributed by atoms with E-state index in [0.29, 0.717) is 12.2 Å². The maximum absolute atomic E-state index is 12.1. The van der Waals surface area contributed by atoms with Gasteiger partial charge >= 0.3 is 0 Å². The standard InChI is InChI=1S/C15H22N2O4S/c1-12-11-16-8-9-17(12)15(18)7-10-21-13-3-5-14(6-4-13)22(2,19)20/h3-6,12,16H,7-11H2,1-2H3/t12-/m0/s1. The van der Waals surface area contributed by atoms with Gasteiger partial charge in [0.05, 0.1) is 17.9 Å². The zero-order valence-electron chi connectivity index (χ0n) is 12.9. The van der Waals surface area contributed by atoms with Crippen molar-refractivity contribution in [3.05, 3.63) is 24.3 Å². The molecule has 1 amide bonds. The number of sulfone groups is 1. The summed E-state index contributed by atoms with van der Waals surface area (Å²) in [4.78, 5) is 14.2. The number of carbonyl (C=O) groups excluding carboxylic acids is 1. The highest BCUT2D eigenvalue weighted by molar-refractivity contribution is 7.90. The number of nitrogens with zero attached hydrogens (tertiary/aromatic N) is 1. The van der Waals surface area contributed by atoms with Crippen LogP contribution in [-0.2, 0) is 14.6 Å². The average molecular weight is 326 g/mol. The van der Waals surface area contributed by atoms with E-state index in [0.717, 1.165) is 25.9 Å². The molecule has 0 saturated carbocycles. The third-order valence-electron chi connectivity index (χ3n) is 3.66. The Morgan fingerprint density at radius 1 is 1.36 bits per heavy atom. The fraction of sp³-hybridized carbons (Fsp3) is 0.533. The smallest absolute Gasteiger partial charge is 0.226 e. The van der Waals surface area contributed by atoms with Crippen molar-refractivity contribution in [2.24, 2.45) is 0 Å². The predicted molar refractivity (Wildman–Crippen MR) is 83.7 cm³/mol. The summed E-state index contributed by atoms with van der Waals surface area (Å²) < 4.78 is 28.2. The fourth-order valence-electron chi connectivity index (χ4n) is 2.39. The van der Waals surface area contributed by atoms with Gasteiger partial charge < -0.3 is 15.0 Å². The van der Waals surface area contributed by atoms with Gasteiger partial charge in [-0.05, 0) is 31.2 Å². The van der Waals surface area contributed by atoms with Gasteiger partial charge in [0, 0.05) is 31.9 Å². The van der Waals surface area contributed by atoms with Crippen molar-refractivity contribution in [2.75, 3.05) is 32.5 Å². The fourth-order valence-corrected chi connectivity index (χ4v) is 3.02. The van der Waals surface area contributed by atoms with E-state index < -0.39 is 9.84 Å². The minimum Gasteiger partial charge on any atom is -0.493 e. The second kappa shape index (κ2) is 7.11.